The molecule has 0 radical (unpaired) electrons. The number of nitrogens with one attached hydrogen (secondary N) is 2. The largest absolute Gasteiger partial charge is 0.317 e. The summed E-state index contributed by atoms with van der Waals surface area (Å²) in [6.07, 6.45) is 0. The minimum absolute atomic E-state index is 0.367. The standard InChI is InChI=1S/C14H9BrF2N2O2/c15-8-4-1-2-7-11(8)18-13(20)14(21)19-12-9(16)5-3-6-10(12)17/h1-7H,(H,18,20)(H,19,21). The molecule has 2 N–H and O–H groups in total. The Bertz CT molecular complexity index is 687. The van der Waals surface area contributed by atoms with Crippen molar-refractivity contribution in [2.75, 3.05) is 10.6 Å². The van der Waals surface area contributed by atoms with Gasteiger partial charge >= 0.3 is 11.8 Å². The van der Waals surface area contributed by atoms with E-state index in [2.05, 4.69) is 21.2 Å². The molecule has 2 aromatic rings. The van der Waals surface area contributed by atoms with Crippen LogP contribution in [0.15, 0.2) is 46.9 Å². The van der Waals surface area contributed by atoms with Crippen molar-refractivity contribution in [1.82, 2.24) is 0 Å². The molecule has 0 aliphatic rings. The number of carbonyl (C=O) groups is 2. The van der Waals surface area contributed by atoms with Crippen molar-refractivity contribution in [3.8, 4) is 0 Å². The van der Waals surface area contributed by atoms with E-state index < -0.39 is 29.1 Å². The third-order valence-corrected chi connectivity index (χ3v) is 3.22. The molecule has 2 rings (SSSR count). The van der Waals surface area contributed by atoms with Gasteiger partial charge in [-0.15, -0.1) is 0 Å². The van der Waals surface area contributed by atoms with Gasteiger partial charge in [-0.05, 0) is 40.2 Å². The number of anilines is 2. The van der Waals surface area contributed by atoms with Crippen LogP contribution in [0.4, 0.5) is 20.2 Å². The molecular weight excluding hydrogens is 346 g/mol. The van der Waals surface area contributed by atoms with Gasteiger partial charge in [0.25, 0.3) is 0 Å². The highest BCUT2D eigenvalue weighted by Crippen LogP contribution is 2.21. The number of hydrogen-bond donors (Lipinski definition) is 2. The molecule has 0 heterocycles. The summed E-state index contributed by atoms with van der Waals surface area (Å²) in [7, 11) is 0. The summed E-state index contributed by atoms with van der Waals surface area (Å²) in [5, 5.41) is 4.23. The van der Waals surface area contributed by atoms with Crippen LogP contribution >= 0.6 is 15.9 Å². The van der Waals surface area contributed by atoms with E-state index in [-0.39, 0.29) is 0 Å². The molecule has 0 spiro atoms. The Kier molecular flexibility index (Phi) is 4.64. The third kappa shape index (κ3) is 3.63. The van der Waals surface area contributed by atoms with Crippen molar-refractivity contribution in [3.05, 3.63) is 58.6 Å². The van der Waals surface area contributed by atoms with Gasteiger partial charge in [-0.3, -0.25) is 9.59 Å². The maximum Gasteiger partial charge on any atom is 0.314 e. The molecule has 0 aliphatic carbocycles. The van der Waals surface area contributed by atoms with Crippen molar-refractivity contribution >= 4 is 39.1 Å². The summed E-state index contributed by atoms with van der Waals surface area (Å²) < 4.78 is 27.3. The van der Waals surface area contributed by atoms with E-state index in [1.807, 2.05) is 5.32 Å². The molecule has 0 aliphatic heterocycles. The van der Waals surface area contributed by atoms with Crippen LogP contribution in [0.3, 0.4) is 0 Å². The van der Waals surface area contributed by atoms with E-state index in [0.717, 1.165) is 18.2 Å². The number of halogens is 3. The molecule has 7 heteroatoms. The quantitative estimate of drug-likeness (QED) is 0.813. The summed E-state index contributed by atoms with van der Waals surface area (Å²) in [4.78, 5) is 23.4. The Hall–Kier alpha value is -2.28. The number of carbonyl (C=O) groups excluding carboxylic acids is 2. The highest BCUT2D eigenvalue weighted by atomic mass is 79.9. The molecule has 4 nitrogen and oxygen atoms in total. The fraction of sp³-hybridized carbons (Fsp3) is 0. The van der Waals surface area contributed by atoms with Gasteiger partial charge in [-0.25, -0.2) is 8.78 Å². The molecular formula is C14H9BrF2N2O2. The highest BCUT2D eigenvalue weighted by Gasteiger charge is 2.18. The first kappa shape index (κ1) is 15.1. The predicted octanol–water partition coefficient (Wildman–Crippen LogP) is 3.30. The Morgan fingerprint density at radius 3 is 2.05 bits per heavy atom. The predicted molar refractivity (Wildman–Crippen MR) is 77.8 cm³/mol. The molecule has 0 bridgehead atoms. The second-order valence-corrected chi connectivity index (χ2v) is 4.84. The van der Waals surface area contributed by atoms with E-state index >= 15 is 0 Å². The SMILES string of the molecule is O=C(Nc1ccccc1Br)C(=O)Nc1c(F)cccc1F. The lowest BCUT2D eigenvalue weighted by Crippen LogP contribution is -2.29. The van der Waals surface area contributed by atoms with Gasteiger partial charge in [0.1, 0.15) is 17.3 Å². The van der Waals surface area contributed by atoms with Crippen molar-refractivity contribution in [1.29, 1.82) is 0 Å². The van der Waals surface area contributed by atoms with Crippen LogP contribution in [0, 0.1) is 11.6 Å². The number of para-hydroxylation sites is 2. The molecule has 21 heavy (non-hydrogen) atoms. The number of benzene rings is 2. The molecule has 0 fully saturated rings. The van der Waals surface area contributed by atoms with Crippen LogP contribution in [0.1, 0.15) is 0 Å². The van der Waals surface area contributed by atoms with Gasteiger partial charge in [-0.1, -0.05) is 18.2 Å². The Morgan fingerprint density at radius 1 is 0.857 bits per heavy atom. The third-order valence-electron chi connectivity index (χ3n) is 2.53. The summed E-state index contributed by atoms with van der Waals surface area (Å²) in [6.45, 7) is 0. The van der Waals surface area contributed by atoms with Gasteiger partial charge in [0.15, 0.2) is 0 Å². The maximum atomic E-state index is 13.4. The van der Waals surface area contributed by atoms with Crippen LogP contribution in [-0.2, 0) is 9.59 Å². The summed E-state index contributed by atoms with van der Waals surface area (Å²) in [5.41, 5.74) is -0.295. The molecule has 2 amide bonds. The Balaban J connectivity index is 2.10. The van der Waals surface area contributed by atoms with Crippen molar-refractivity contribution in [3.63, 3.8) is 0 Å². The van der Waals surface area contributed by atoms with Crippen LogP contribution in [0.25, 0.3) is 0 Å². The van der Waals surface area contributed by atoms with Crippen molar-refractivity contribution in [2.24, 2.45) is 0 Å². The molecule has 0 atom stereocenters. The first-order valence-corrected chi connectivity index (χ1v) is 6.59. The van der Waals surface area contributed by atoms with Crippen molar-refractivity contribution < 1.29 is 18.4 Å². The lowest BCUT2D eigenvalue weighted by atomic mass is 10.3. The second kappa shape index (κ2) is 6.45. The van der Waals surface area contributed by atoms with Gasteiger partial charge < -0.3 is 10.6 Å². The molecule has 0 saturated carbocycles. The Morgan fingerprint density at radius 2 is 1.43 bits per heavy atom. The zero-order valence-corrected chi connectivity index (χ0v) is 12.1. The van der Waals surface area contributed by atoms with Gasteiger partial charge in [0.2, 0.25) is 0 Å². The monoisotopic (exact) mass is 354 g/mol. The minimum Gasteiger partial charge on any atom is -0.317 e. The summed E-state index contributed by atoms with van der Waals surface area (Å²) in [6, 6.07) is 9.74. The topological polar surface area (TPSA) is 58.2 Å². The fourth-order valence-corrected chi connectivity index (χ4v) is 1.91. The van der Waals surface area contributed by atoms with E-state index in [4.69, 9.17) is 0 Å². The lowest BCUT2D eigenvalue weighted by Gasteiger charge is -2.09. The van der Waals surface area contributed by atoms with Gasteiger partial charge in [0.05, 0.1) is 5.69 Å². The first-order chi connectivity index (χ1) is 9.99. The maximum absolute atomic E-state index is 13.4. The second-order valence-electron chi connectivity index (χ2n) is 3.98. The zero-order valence-electron chi connectivity index (χ0n) is 10.5. The molecule has 108 valence electrons. The van der Waals surface area contributed by atoms with E-state index in [1.165, 1.54) is 0 Å². The van der Waals surface area contributed by atoms with E-state index in [1.54, 1.807) is 24.3 Å². The van der Waals surface area contributed by atoms with Crippen molar-refractivity contribution in [2.45, 2.75) is 0 Å². The Labute approximate surface area is 127 Å². The average Bonchev–Trinajstić information content (AvgIpc) is 2.45. The zero-order chi connectivity index (χ0) is 15.4. The normalized spacial score (nSPS) is 10.0. The number of amides is 2. The molecule has 2 aromatic carbocycles. The molecule has 0 unspecified atom stereocenters. The van der Waals surface area contributed by atoms with Gasteiger partial charge in [0, 0.05) is 4.47 Å². The van der Waals surface area contributed by atoms with Crippen LogP contribution in [0.5, 0.6) is 0 Å². The minimum atomic E-state index is -1.17. The number of hydrogen-bond acceptors (Lipinski definition) is 2. The van der Waals surface area contributed by atoms with E-state index in [0.29, 0.717) is 10.2 Å². The first-order valence-electron chi connectivity index (χ1n) is 5.80. The molecule has 0 saturated heterocycles. The smallest absolute Gasteiger partial charge is 0.314 e. The average molecular weight is 355 g/mol. The van der Waals surface area contributed by atoms with Crippen LogP contribution in [-0.4, -0.2) is 11.8 Å². The lowest BCUT2D eigenvalue weighted by molar-refractivity contribution is -0.133. The fourth-order valence-electron chi connectivity index (χ4n) is 1.53. The molecule has 0 aromatic heterocycles. The summed E-state index contributed by atoms with van der Waals surface area (Å²) >= 11 is 3.20. The van der Waals surface area contributed by atoms with Gasteiger partial charge in [-0.2, -0.15) is 0 Å². The van der Waals surface area contributed by atoms with E-state index in [9.17, 15) is 18.4 Å². The number of rotatable bonds is 2. The summed E-state index contributed by atoms with van der Waals surface area (Å²) in [5.74, 6) is -4.13. The van der Waals surface area contributed by atoms with Crippen LogP contribution in [0.2, 0.25) is 0 Å². The highest BCUT2D eigenvalue weighted by molar-refractivity contribution is 9.10. The van der Waals surface area contributed by atoms with Crippen LogP contribution < -0.4 is 10.6 Å².